The largest absolute Gasteiger partial charge is 0.480 e. The Morgan fingerprint density at radius 1 is 1.43 bits per heavy atom. The van der Waals surface area contributed by atoms with Gasteiger partial charge in [-0.25, -0.2) is 13.2 Å². The van der Waals surface area contributed by atoms with E-state index in [2.05, 4.69) is 21.2 Å². The standard InChI is InChI=1S/C12H15BrN2O5S/c1-21(19,20)5-4-10(12(17)18)15-11(16)8-6-7(14)2-3-9(8)13/h2-3,6,10H,4-5,14H2,1H3,(H,15,16)(H,17,18). The summed E-state index contributed by atoms with van der Waals surface area (Å²) in [4.78, 5) is 23.1. The molecular formula is C12H15BrN2O5S. The molecule has 21 heavy (non-hydrogen) atoms. The second-order valence-electron chi connectivity index (χ2n) is 4.52. The molecular weight excluding hydrogens is 364 g/mol. The SMILES string of the molecule is CS(=O)(=O)CCC(NC(=O)c1cc(N)ccc1Br)C(=O)O. The molecule has 0 aliphatic heterocycles. The summed E-state index contributed by atoms with van der Waals surface area (Å²) in [6, 6.07) is 3.26. The highest BCUT2D eigenvalue weighted by molar-refractivity contribution is 9.10. The van der Waals surface area contributed by atoms with Crippen LogP contribution >= 0.6 is 15.9 Å². The van der Waals surface area contributed by atoms with Crippen molar-refractivity contribution >= 4 is 43.3 Å². The molecule has 0 heterocycles. The number of benzene rings is 1. The molecule has 0 radical (unpaired) electrons. The molecule has 1 amide bonds. The summed E-state index contributed by atoms with van der Waals surface area (Å²) in [5.74, 6) is -2.27. The first-order valence-corrected chi connectivity index (χ1v) is 8.72. The van der Waals surface area contributed by atoms with Crippen LogP contribution in [0, 0.1) is 0 Å². The molecule has 1 unspecified atom stereocenters. The van der Waals surface area contributed by atoms with Crippen LogP contribution in [-0.2, 0) is 14.6 Å². The number of amides is 1. The Morgan fingerprint density at radius 3 is 2.57 bits per heavy atom. The smallest absolute Gasteiger partial charge is 0.326 e. The lowest BCUT2D eigenvalue weighted by Gasteiger charge is -2.15. The van der Waals surface area contributed by atoms with Gasteiger partial charge in [0, 0.05) is 16.4 Å². The van der Waals surface area contributed by atoms with Crippen LogP contribution in [-0.4, -0.2) is 43.5 Å². The van der Waals surface area contributed by atoms with Crippen LogP contribution in [0.1, 0.15) is 16.8 Å². The minimum Gasteiger partial charge on any atom is -0.480 e. The van der Waals surface area contributed by atoms with Gasteiger partial charge < -0.3 is 16.2 Å². The Morgan fingerprint density at radius 2 is 2.05 bits per heavy atom. The Hall–Kier alpha value is -1.61. The predicted molar refractivity (Wildman–Crippen MR) is 81.8 cm³/mol. The number of anilines is 1. The van der Waals surface area contributed by atoms with Crippen molar-refractivity contribution < 1.29 is 23.1 Å². The molecule has 1 atom stereocenters. The monoisotopic (exact) mass is 378 g/mol. The maximum Gasteiger partial charge on any atom is 0.326 e. The van der Waals surface area contributed by atoms with Gasteiger partial charge in [-0.15, -0.1) is 0 Å². The van der Waals surface area contributed by atoms with E-state index >= 15 is 0 Å². The van der Waals surface area contributed by atoms with Gasteiger partial charge in [-0.05, 0) is 40.5 Å². The summed E-state index contributed by atoms with van der Waals surface area (Å²) in [5, 5.41) is 11.3. The predicted octanol–water partition coefficient (Wildman–Crippen LogP) is 0.649. The summed E-state index contributed by atoms with van der Waals surface area (Å²) < 4.78 is 22.6. The fourth-order valence-corrected chi connectivity index (χ4v) is 2.63. The third-order valence-corrected chi connectivity index (χ3v) is 4.28. The highest BCUT2D eigenvalue weighted by Crippen LogP contribution is 2.19. The molecule has 0 aromatic heterocycles. The van der Waals surface area contributed by atoms with Crippen molar-refractivity contribution in [2.24, 2.45) is 0 Å². The molecule has 0 fully saturated rings. The van der Waals surface area contributed by atoms with Crippen molar-refractivity contribution in [2.45, 2.75) is 12.5 Å². The molecule has 4 N–H and O–H groups in total. The molecule has 1 aromatic carbocycles. The van der Waals surface area contributed by atoms with E-state index in [1.807, 2.05) is 0 Å². The van der Waals surface area contributed by atoms with E-state index in [0.29, 0.717) is 10.2 Å². The summed E-state index contributed by atoms with van der Waals surface area (Å²) in [7, 11) is -3.31. The second kappa shape index (κ2) is 6.90. The van der Waals surface area contributed by atoms with E-state index in [1.54, 1.807) is 12.1 Å². The Kier molecular flexibility index (Phi) is 5.73. The summed E-state index contributed by atoms with van der Waals surface area (Å²) >= 11 is 3.17. The first-order valence-electron chi connectivity index (χ1n) is 5.86. The van der Waals surface area contributed by atoms with Gasteiger partial charge in [0.15, 0.2) is 0 Å². The fraction of sp³-hybridized carbons (Fsp3) is 0.333. The zero-order chi connectivity index (χ0) is 16.2. The lowest BCUT2D eigenvalue weighted by Crippen LogP contribution is -2.42. The van der Waals surface area contributed by atoms with Gasteiger partial charge in [0.25, 0.3) is 5.91 Å². The molecule has 0 aliphatic rings. The molecule has 0 saturated heterocycles. The van der Waals surface area contributed by atoms with E-state index in [4.69, 9.17) is 10.8 Å². The van der Waals surface area contributed by atoms with Gasteiger partial charge in [0.05, 0.1) is 11.3 Å². The van der Waals surface area contributed by atoms with Crippen LogP contribution in [0.3, 0.4) is 0 Å². The van der Waals surface area contributed by atoms with Crippen molar-refractivity contribution in [3.05, 3.63) is 28.2 Å². The molecule has 0 bridgehead atoms. The highest BCUT2D eigenvalue weighted by atomic mass is 79.9. The van der Waals surface area contributed by atoms with Gasteiger partial charge in [-0.2, -0.15) is 0 Å². The topological polar surface area (TPSA) is 127 Å². The number of rotatable bonds is 6. The Labute approximate surface area is 130 Å². The minimum atomic E-state index is -3.31. The number of nitrogens with two attached hydrogens (primary N) is 1. The zero-order valence-electron chi connectivity index (χ0n) is 11.2. The van der Waals surface area contributed by atoms with Crippen LogP contribution in [0.2, 0.25) is 0 Å². The number of aliphatic carboxylic acids is 1. The van der Waals surface area contributed by atoms with Crippen LogP contribution in [0.25, 0.3) is 0 Å². The Bertz CT molecular complexity index is 660. The molecule has 1 aromatic rings. The third kappa shape index (κ3) is 5.72. The molecule has 1 rings (SSSR count). The maximum atomic E-state index is 12.0. The normalized spacial score (nSPS) is 12.7. The lowest BCUT2D eigenvalue weighted by atomic mass is 10.1. The molecule has 116 valence electrons. The number of nitrogens with one attached hydrogen (secondary N) is 1. The van der Waals surface area contributed by atoms with Gasteiger partial charge in [-0.3, -0.25) is 4.79 Å². The van der Waals surface area contributed by atoms with E-state index in [9.17, 15) is 18.0 Å². The summed E-state index contributed by atoms with van der Waals surface area (Å²) in [5.41, 5.74) is 6.11. The van der Waals surface area contributed by atoms with Gasteiger partial charge in [0.1, 0.15) is 15.9 Å². The van der Waals surface area contributed by atoms with E-state index < -0.39 is 27.8 Å². The molecule has 7 nitrogen and oxygen atoms in total. The molecule has 9 heteroatoms. The average molecular weight is 379 g/mol. The minimum absolute atomic E-state index is 0.181. The van der Waals surface area contributed by atoms with Crippen molar-refractivity contribution in [1.82, 2.24) is 5.32 Å². The highest BCUT2D eigenvalue weighted by Gasteiger charge is 2.23. The van der Waals surface area contributed by atoms with Crippen molar-refractivity contribution in [1.29, 1.82) is 0 Å². The number of carbonyl (C=O) groups excluding carboxylic acids is 1. The van der Waals surface area contributed by atoms with Gasteiger partial charge >= 0.3 is 5.97 Å². The number of carbonyl (C=O) groups is 2. The van der Waals surface area contributed by atoms with E-state index in [0.717, 1.165) is 6.26 Å². The number of nitrogen functional groups attached to an aromatic ring is 1. The number of hydrogen-bond donors (Lipinski definition) is 3. The van der Waals surface area contributed by atoms with Crippen molar-refractivity contribution in [3.63, 3.8) is 0 Å². The van der Waals surface area contributed by atoms with Crippen LogP contribution < -0.4 is 11.1 Å². The molecule has 0 aliphatic carbocycles. The second-order valence-corrected chi connectivity index (χ2v) is 7.64. The average Bonchev–Trinajstić information content (AvgIpc) is 2.35. The van der Waals surface area contributed by atoms with Crippen LogP contribution in [0.4, 0.5) is 5.69 Å². The quantitative estimate of drug-likeness (QED) is 0.623. The van der Waals surface area contributed by atoms with E-state index in [-0.39, 0.29) is 17.7 Å². The molecule has 0 spiro atoms. The summed E-state index contributed by atoms with van der Waals surface area (Å²) in [6.07, 6.45) is 0.794. The third-order valence-electron chi connectivity index (χ3n) is 2.62. The maximum absolute atomic E-state index is 12.0. The first-order chi connectivity index (χ1) is 9.60. The van der Waals surface area contributed by atoms with E-state index in [1.165, 1.54) is 6.07 Å². The molecule has 0 saturated carbocycles. The van der Waals surface area contributed by atoms with Crippen LogP contribution in [0.15, 0.2) is 22.7 Å². The number of carboxylic acids is 1. The van der Waals surface area contributed by atoms with Crippen LogP contribution in [0.5, 0.6) is 0 Å². The zero-order valence-corrected chi connectivity index (χ0v) is 13.6. The number of carboxylic acid groups (broad SMARTS) is 1. The number of sulfone groups is 1. The van der Waals surface area contributed by atoms with Gasteiger partial charge in [-0.1, -0.05) is 0 Å². The number of hydrogen-bond acceptors (Lipinski definition) is 5. The Balaban J connectivity index is 2.86. The first kappa shape index (κ1) is 17.4. The van der Waals surface area contributed by atoms with Crippen molar-refractivity contribution in [2.75, 3.05) is 17.7 Å². The van der Waals surface area contributed by atoms with Gasteiger partial charge in [0.2, 0.25) is 0 Å². The number of halogens is 1. The summed E-state index contributed by atoms with van der Waals surface area (Å²) in [6.45, 7) is 0. The fourth-order valence-electron chi connectivity index (χ4n) is 1.54. The lowest BCUT2D eigenvalue weighted by molar-refractivity contribution is -0.139. The van der Waals surface area contributed by atoms with Crippen molar-refractivity contribution in [3.8, 4) is 0 Å².